The van der Waals surface area contributed by atoms with Crippen molar-refractivity contribution < 1.29 is 9.59 Å². The van der Waals surface area contributed by atoms with Crippen molar-refractivity contribution in [3.63, 3.8) is 0 Å². The average Bonchev–Trinajstić information content (AvgIpc) is 2.59. The summed E-state index contributed by atoms with van der Waals surface area (Å²) >= 11 is 1.94. The zero-order valence-corrected chi connectivity index (χ0v) is 14.2. The molecule has 2 fully saturated rings. The SMILES string of the molecule is O=C(NC1CCSCC1)C(c1ccccc1)N1CCCCC1=O. The van der Waals surface area contributed by atoms with Crippen LogP contribution in [0.4, 0.5) is 0 Å². The van der Waals surface area contributed by atoms with E-state index in [1.807, 2.05) is 42.1 Å². The summed E-state index contributed by atoms with van der Waals surface area (Å²) in [6.07, 6.45) is 4.50. The molecule has 1 aromatic carbocycles. The van der Waals surface area contributed by atoms with Crippen molar-refractivity contribution in [3.05, 3.63) is 35.9 Å². The van der Waals surface area contributed by atoms with E-state index in [-0.39, 0.29) is 17.9 Å². The lowest BCUT2D eigenvalue weighted by atomic mass is 9.99. The molecule has 2 heterocycles. The molecule has 1 aromatic rings. The summed E-state index contributed by atoms with van der Waals surface area (Å²) in [4.78, 5) is 27.1. The molecule has 0 bridgehead atoms. The van der Waals surface area contributed by atoms with Gasteiger partial charge < -0.3 is 10.2 Å². The lowest BCUT2D eigenvalue weighted by Gasteiger charge is -2.35. The summed E-state index contributed by atoms with van der Waals surface area (Å²) in [6.45, 7) is 0.673. The van der Waals surface area contributed by atoms with Crippen LogP contribution in [0.15, 0.2) is 30.3 Å². The second-order valence-electron chi connectivity index (χ2n) is 6.25. The molecule has 124 valence electrons. The fourth-order valence-electron chi connectivity index (χ4n) is 3.33. The molecule has 5 heteroatoms. The Morgan fingerprint density at radius 1 is 1.17 bits per heavy atom. The summed E-state index contributed by atoms with van der Waals surface area (Å²) in [7, 11) is 0. The number of rotatable bonds is 4. The molecule has 2 amide bonds. The van der Waals surface area contributed by atoms with Gasteiger partial charge in [-0.05, 0) is 42.8 Å². The quantitative estimate of drug-likeness (QED) is 0.922. The van der Waals surface area contributed by atoms with E-state index in [0.717, 1.165) is 42.8 Å². The van der Waals surface area contributed by atoms with Crippen LogP contribution in [0.25, 0.3) is 0 Å². The number of amides is 2. The molecular formula is C18H24N2O2S. The van der Waals surface area contributed by atoms with Gasteiger partial charge in [0.2, 0.25) is 11.8 Å². The van der Waals surface area contributed by atoms with Crippen LogP contribution in [-0.4, -0.2) is 40.8 Å². The van der Waals surface area contributed by atoms with Crippen LogP contribution in [0.1, 0.15) is 43.7 Å². The third-order valence-electron chi connectivity index (χ3n) is 4.60. The second-order valence-corrected chi connectivity index (χ2v) is 7.48. The van der Waals surface area contributed by atoms with Crippen molar-refractivity contribution in [3.8, 4) is 0 Å². The van der Waals surface area contributed by atoms with E-state index < -0.39 is 6.04 Å². The van der Waals surface area contributed by atoms with E-state index >= 15 is 0 Å². The lowest BCUT2D eigenvalue weighted by molar-refractivity contribution is -0.143. The highest BCUT2D eigenvalue weighted by atomic mass is 32.2. The van der Waals surface area contributed by atoms with E-state index in [1.165, 1.54) is 0 Å². The van der Waals surface area contributed by atoms with Gasteiger partial charge in [-0.1, -0.05) is 30.3 Å². The number of benzene rings is 1. The predicted octanol–water partition coefficient (Wildman–Crippen LogP) is 2.75. The maximum Gasteiger partial charge on any atom is 0.247 e. The molecule has 1 unspecified atom stereocenters. The van der Waals surface area contributed by atoms with Crippen molar-refractivity contribution >= 4 is 23.6 Å². The molecule has 2 saturated heterocycles. The highest BCUT2D eigenvalue weighted by Gasteiger charge is 2.33. The van der Waals surface area contributed by atoms with E-state index in [1.54, 1.807) is 4.90 Å². The average molecular weight is 332 g/mol. The number of hydrogen-bond acceptors (Lipinski definition) is 3. The van der Waals surface area contributed by atoms with Crippen molar-refractivity contribution in [2.24, 2.45) is 0 Å². The van der Waals surface area contributed by atoms with Crippen LogP contribution in [0, 0.1) is 0 Å². The Morgan fingerprint density at radius 3 is 2.61 bits per heavy atom. The number of carbonyl (C=O) groups is 2. The van der Waals surface area contributed by atoms with Gasteiger partial charge in [0.05, 0.1) is 0 Å². The monoisotopic (exact) mass is 332 g/mol. The largest absolute Gasteiger partial charge is 0.351 e. The van der Waals surface area contributed by atoms with Gasteiger partial charge in [-0.2, -0.15) is 11.8 Å². The van der Waals surface area contributed by atoms with Gasteiger partial charge >= 0.3 is 0 Å². The Morgan fingerprint density at radius 2 is 1.91 bits per heavy atom. The third kappa shape index (κ3) is 4.08. The number of hydrogen-bond donors (Lipinski definition) is 1. The van der Waals surface area contributed by atoms with Gasteiger partial charge in [-0.25, -0.2) is 0 Å². The van der Waals surface area contributed by atoms with Crippen LogP contribution < -0.4 is 5.32 Å². The van der Waals surface area contributed by atoms with E-state index in [9.17, 15) is 9.59 Å². The molecule has 0 saturated carbocycles. The molecule has 0 spiro atoms. The topological polar surface area (TPSA) is 49.4 Å². The first-order chi connectivity index (χ1) is 11.3. The number of piperidine rings is 1. The van der Waals surface area contributed by atoms with Gasteiger partial charge in [0.1, 0.15) is 6.04 Å². The number of likely N-dealkylation sites (tertiary alicyclic amines) is 1. The van der Waals surface area contributed by atoms with Gasteiger partial charge in [0.15, 0.2) is 0 Å². The van der Waals surface area contributed by atoms with Gasteiger partial charge in [0.25, 0.3) is 0 Å². The molecule has 0 radical (unpaired) electrons. The number of carbonyl (C=O) groups excluding carboxylic acids is 2. The smallest absolute Gasteiger partial charge is 0.247 e. The summed E-state index contributed by atoms with van der Waals surface area (Å²) in [6, 6.07) is 9.46. The normalized spacial score (nSPS) is 21.0. The van der Waals surface area contributed by atoms with Crippen LogP contribution in [0.2, 0.25) is 0 Å². The Bertz CT molecular complexity index is 543. The van der Waals surface area contributed by atoms with Crippen LogP contribution in [0.3, 0.4) is 0 Å². The minimum absolute atomic E-state index is 0.0247. The predicted molar refractivity (Wildman–Crippen MR) is 93.2 cm³/mol. The van der Waals surface area contributed by atoms with Gasteiger partial charge in [-0.3, -0.25) is 9.59 Å². The Balaban J connectivity index is 1.79. The van der Waals surface area contributed by atoms with Gasteiger partial charge in [0, 0.05) is 19.0 Å². The molecule has 2 aliphatic rings. The Labute approximate surface area is 142 Å². The van der Waals surface area contributed by atoms with Crippen LogP contribution in [0.5, 0.6) is 0 Å². The molecule has 23 heavy (non-hydrogen) atoms. The maximum atomic E-state index is 12.9. The highest BCUT2D eigenvalue weighted by Crippen LogP contribution is 2.27. The van der Waals surface area contributed by atoms with E-state index in [4.69, 9.17) is 0 Å². The van der Waals surface area contributed by atoms with Gasteiger partial charge in [-0.15, -0.1) is 0 Å². The van der Waals surface area contributed by atoms with Crippen molar-refractivity contribution in [2.45, 2.75) is 44.2 Å². The molecule has 1 N–H and O–H groups in total. The standard InChI is InChI=1S/C18H24N2O2S/c21-16-8-4-5-11-20(16)17(14-6-2-1-3-7-14)18(22)19-15-9-12-23-13-10-15/h1-3,6-7,15,17H,4-5,8-13H2,(H,19,22). The maximum absolute atomic E-state index is 12.9. The van der Waals surface area contributed by atoms with Crippen LogP contribution in [-0.2, 0) is 9.59 Å². The first-order valence-electron chi connectivity index (χ1n) is 8.48. The summed E-state index contributed by atoms with van der Waals surface area (Å²) in [5, 5.41) is 3.19. The fraction of sp³-hybridized carbons (Fsp3) is 0.556. The minimum atomic E-state index is -0.487. The van der Waals surface area contributed by atoms with Crippen LogP contribution >= 0.6 is 11.8 Å². The first-order valence-corrected chi connectivity index (χ1v) is 9.64. The van der Waals surface area contributed by atoms with Crippen molar-refractivity contribution in [1.29, 1.82) is 0 Å². The third-order valence-corrected chi connectivity index (χ3v) is 5.65. The Hall–Kier alpha value is -1.49. The van der Waals surface area contributed by atoms with Crippen molar-refractivity contribution in [1.82, 2.24) is 10.2 Å². The summed E-state index contributed by atoms with van der Waals surface area (Å²) in [5.41, 5.74) is 0.908. The Kier molecular flexibility index (Phi) is 5.60. The summed E-state index contributed by atoms with van der Waals surface area (Å²) in [5.74, 6) is 2.27. The molecule has 4 nitrogen and oxygen atoms in total. The number of thioether (sulfide) groups is 1. The molecule has 0 aromatic heterocycles. The fourth-order valence-corrected chi connectivity index (χ4v) is 4.44. The minimum Gasteiger partial charge on any atom is -0.351 e. The highest BCUT2D eigenvalue weighted by molar-refractivity contribution is 7.99. The summed E-state index contributed by atoms with van der Waals surface area (Å²) < 4.78 is 0. The molecule has 2 aliphatic heterocycles. The van der Waals surface area contributed by atoms with Crippen molar-refractivity contribution in [2.75, 3.05) is 18.1 Å². The van der Waals surface area contributed by atoms with E-state index in [2.05, 4.69) is 5.32 Å². The first kappa shape index (κ1) is 16.4. The molecule has 3 rings (SSSR count). The number of nitrogens with zero attached hydrogens (tertiary/aromatic N) is 1. The van der Waals surface area contributed by atoms with E-state index in [0.29, 0.717) is 13.0 Å². The zero-order valence-electron chi connectivity index (χ0n) is 13.4. The zero-order chi connectivity index (χ0) is 16.1. The molecule has 0 aliphatic carbocycles. The second kappa shape index (κ2) is 7.86. The molecule has 1 atom stereocenters. The lowest BCUT2D eigenvalue weighted by Crippen LogP contribution is -2.48. The number of nitrogens with one attached hydrogen (secondary N) is 1. The molecular weight excluding hydrogens is 308 g/mol.